The van der Waals surface area contributed by atoms with Gasteiger partial charge in [0.2, 0.25) is 0 Å². The molecule has 0 aliphatic carbocycles. The van der Waals surface area contributed by atoms with Crippen LogP contribution in [0.25, 0.3) is 0 Å². The van der Waals surface area contributed by atoms with Crippen molar-refractivity contribution in [3.05, 3.63) is 34.6 Å². The maximum atomic E-state index is 12.8. The van der Waals surface area contributed by atoms with Crippen LogP contribution in [0, 0.1) is 5.82 Å². The Morgan fingerprint density at radius 3 is 2.57 bits per heavy atom. The predicted molar refractivity (Wildman–Crippen MR) is 59.8 cm³/mol. The molecule has 0 aliphatic heterocycles. The van der Waals surface area contributed by atoms with Gasteiger partial charge in [-0.3, -0.25) is 0 Å². The first-order valence-corrected chi connectivity index (χ1v) is 5.46. The highest BCUT2D eigenvalue weighted by Gasteiger charge is 2.17. The van der Waals surface area contributed by atoms with Gasteiger partial charge >= 0.3 is 0 Å². The van der Waals surface area contributed by atoms with Gasteiger partial charge in [0.15, 0.2) is 0 Å². The molecule has 0 saturated heterocycles. The van der Waals surface area contributed by atoms with Crippen LogP contribution in [0.4, 0.5) is 4.39 Å². The zero-order chi connectivity index (χ0) is 10.7. The molecule has 1 aromatic rings. The lowest BCUT2D eigenvalue weighted by Gasteiger charge is -2.17. The second kappa shape index (κ2) is 4.99. The van der Waals surface area contributed by atoms with E-state index in [-0.39, 0.29) is 17.1 Å². The number of rotatable bonds is 3. The molecule has 0 fully saturated rings. The Bertz CT molecular complexity index is 312. The summed E-state index contributed by atoms with van der Waals surface area (Å²) in [7, 11) is 0. The molecule has 0 spiro atoms. The van der Waals surface area contributed by atoms with Gasteiger partial charge in [-0.2, -0.15) is 0 Å². The van der Waals surface area contributed by atoms with E-state index < -0.39 is 0 Å². The van der Waals surface area contributed by atoms with E-state index in [1.54, 1.807) is 6.07 Å². The Morgan fingerprint density at radius 1 is 1.43 bits per heavy atom. The van der Waals surface area contributed by atoms with E-state index in [0.717, 1.165) is 12.0 Å². The number of benzene rings is 1. The number of halogens is 3. The molecule has 0 nitrogen and oxygen atoms in total. The van der Waals surface area contributed by atoms with Crippen LogP contribution in [0.1, 0.15) is 31.7 Å². The Morgan fingerprint density at radius 2 is 2.07 bits per heavy atom. The van der Waals surface area contributed by atoms with Crippen molar-refractivity contribution in [2.75, 3.05) is 0 Å². The lowest BCUT2D eigenvalue weighted by Crippen LogP contribution is -2.08. The van der Waals surface area contributed by atoms with Crippen molar-refractivity contribution in [2.45, 2.75) is 31.6 Å². The van der Waals surface area contributed by atoms with Gasteiger partial charge in [0.25, 0.3) is 0 Å². The zero-order valence-electron chi connectivity index (χ0n) is 8.23. The Kier molecular flexibility index (Phi) is 4.21. The largest absolute Gasteiger partial charge is 0.207 e. The molecule has 78 valence electrons. The van der Waals surface area contributed by atoms with Crippen LogP contribution < -0.4 is 0 Å². The molecule has 14 heavy (non-hydrogen) atoms. The Balaban J connectivity index is 2.95. The molecule has 0 aliphatic rings. The van der Waals surface area contributed by atoms with E-state index in [4.69, 9.17) is 23.2 Å². The standard InChI is InChI=1S/C11H13Cl2F/c1-3-10(12)7(2)9-5-4-8(14)6-11(9)13/h4-7,10H,3H2,1-2H3. The van der Waals surface area contributed by atoms with Crippen LogP contribution >= 0.6 is 23.2 Å². The summed E-state index contributed by atoms with van der Waals surface area (Å²) in [5, 5.41) is 0.495. The molecule has 0 saturated carbocycles. The fourth-order valence-electron chi connectivity index (χ4n) is 1.42. The molecule has 1 rings (SSSR count). The monoisotopic (exact) mass is 234 g/mol. The van der Waals surface area contributed by atoms with Crippen molar-refractivity contribution in [2.24, 2.45) is 0 Å². The first-order chi connectivity index (χ1) is 6.56. The van der Waals surface area contributed by atoms with Crippen LogP contribution in [0.5, 0.6) is 0 Å². The average molecular weight is 235 g/mol. The predicted octanol–water partition coefficient (Wildman–Crippen LogP) is 4.60. The molecular weight excluding hydrogens is 222 g/mol. The average Bonchev–Trinajstić information content (AvgIpc) is 2.15. The van der Waals surface area contributed by atoms with E-state index in [0.29, 0.717) is 5.02 Å². The van der Waals surface area contributed by atoms with E-state index in [2.05, 4.69) is 0 Å². The van der Waals surface area contributed by atoms with Gasteiger partial charge in [-0.1, -0.05) is 31.5 Å². The van der Waals surface area contributed by atoms with Crippen LogP contribution in [-0.4, -0.2) is 5.38 Å². The minimum absolute atomic E-state index is 0.0398. The maximum absolute atomic E-state index is 12.8. The van der Waals surface area contributed by atoms with E-state index in [1.165, 1.54) is 12.1 Å². The summed E-state index contributed by atoms with van der Waals surface area (Å²) in [4.78, 5) is 0. The highest BCUT2D eigenvalue weighted by molar-refractivity contribution is 6.31. The quantitative estimate of drug-likeness (QED) is 0.671. The highest BCUT2D eigenvalue weighted by Crippen LogP contribution is 2.31. The molecule has 0 amide bonds. The fourth-order valence-corrected chi connectivity index (χ4v) is 1.89. The smallest absolute Gasteiger partial charge is 0.124 e. The number of alkyl halides is 1. The first-order valence-electron chi connectivity index (χ1n) is 4.65. The van der Waals surface area contributed by atoms with Crippen molar-refractivity contribution in [1.29, 1.82) is 0 Å². The summed E-state index contributed by atoms with van der Waals surface area (Å²) in [5.74, 6) is -0.164. The lowest BCUT2D eigenvalue weighted by atomic mass is 9.96. The van der Waals surface area contributed by atoms with Gasteiger partial charge in [0.1, 0.15) is 5.82 Å². The summed E-state index contributed by atoms with van der Waals surface area (Å²) >= 11 is 12.0. The third-order valence-electron chi connectivity index (χ3n) is 2.39. The number of hydrogen-bond acceptors (Lipinski definition) is 0. The van der Waals surface area contributed by atoms with Crippen LogP contribution in [0.2, 0.25) is 5.02 Å². The van der Waals surface area contributed by atoms with Gasteiger partial charge in [0, 0.05) is 10.4 Å². The van der Waals surface area contributed by atoms with Crippen molar-refractivity contribution in [3.8, 4) is 0 Å². The lowest BCUT2D eigenvalue weighted by molar-refractivity contribution is 0.623. The molecule has 3 heteroatoms. The van der Waals surface area contributed by atoms with Gasteiger partial charge in [-0.15, -0.1) is 11.6 Å². The summed E-state index contributed by atoms with van der Waals surface area (Å²) in [6, 6.07) is 4.44. The van der Waals surface area contributed by atoms with Crippen molar-refractivity contribution in [3.63, 3.8) is 0 Å². The van der Waals surface area contributed by atoms with Crippen molar-refractivity contribution < 1.29 is 4.39 Å². The van der Waals surface area contributed by atoms with Gasteiger partial charge in [-0.05, 0) is 30.0 Å². The number of hydrogen-bond donors (Lipinski definition) is 0. The second-order valence-electron chi connectivity index (χ2n) is 3.38. The summed E-state index contributed by atoms with van der Waals surface area (Å²) in [5.41, 5.74) is 0.912. The fraction of sp³-hybridized carbons (Fsp3) is 0.455. The molecule has 0 aromatic heterocycles. The van der Waals surface area contributed by atoms with E-state index in [9.17, 15) is 4.39 Å². The molecular formula is C11H13Cl2F. The normalized spacial score (nSPS) is 15.2. The van der Waals surface area contributed by atoms with Gasteiger partial charge in [-0.25, -0.2) is 4.39 Å². The minimum Gasteiger partial charge on any atom is -0.207 e. The summed E-state index contributed by atoms with van der Waals surface area (Å²) < 4.78 is 12.8. The van der Waals surface area contributed by atoms with E-state index >= 15 is 0 Å². The van der Waals surface area contributed by atoms with Gasteiger partial charge in [0.05, 0.1) is 0 Å². The van der Waals surface area contributed by atoms with Crippen LogP contribution in [0.15, 0.2) is 18.2 Å². The molecule has 2 unspecified atom stereocenters. The molecule has 1 aromatic carbocycles. The Labute approximate surface area is 94.0 Å². The zero-order valence-corrected chi connectivity index (χ0v) is 9.74. The molecule has 0 radical (unpaired) electrons. The van der Waals surface area contributed by atoms with Crippen molar-refractivity contribution in [1.82, 2.24) is 0 Å². The SMILES string of the molecule is CCC(Cl)C(C)c1ccc(F)cc1Cl. The highest BCUT2D eigenvalue weighted by atomic mass is 35.5. The molecule has 0 heterocycles. The third-order valence-corrected chi connectivity index (χ3v) is 3.40. The molecule has 0 N–H and O–H groups in total. The molecule has 2 atom stereocenters. The van der Waals surface area contributed by atoms with Crippen LogP contribution in [0.3, 0.4) is 0 Å². The summed E-state index contributed by atoms with van der Waals surface area (Å²) in [6.07, 6.45) is 0.871. The van der Waals surface area contributed by atoms with Gasteiger partial charge < -0.3 is 0 Å². The summed E-state index contributed by atoms with van der Waals surface area (Å²) in [6.45, 7) is 4.02. The minimum atomic E-state index is -0.312. The van der Waals surface area contributed by atoms with Crippen LogP contribution in [-0.2, 0) is 0 Å². The topological polar surface area (TPSA) is 0 Å². The van der Waals surface area contributed by atoms with E-state index in [1.807, 2.05) is 13.8 Å². The third kappa shape index (κ3) is 2.61. The second-order valence-corrected chi connectivity index (χ2v) is 4.35. The molecule has 0 bridgehead atoms. The maximum Gasteiger partial charge on any atom is 0.124 e. The van der Waals surface area contributed by atoms with Crippen molar-refractivity contribution >= 4 is 23.2 Å². The Hall–Kier alpha value is -0.270. The first kappa shape index (κ1) is 11.8.